The largest absolute Gasteiger partial charge is 0.489 e. The molecular formula is C16H12ClFO2. The summed E-state index contributed by atoms with van der Waals surface area (Å²) in [6, 6.07) is 11.4. The van der Waals surface area contributed by atoms with Crippen molar-refractivity contribution in [3.05, 3.63) is 64.4 Å². The number of halogens is 2. The number of benzene rings is 2. The van der Waals surface area contributed by atoms with E-state index in [1.807, 2.05) is 0 Å². The second-order valence-electron chi connectivity index (χ2n) is 4.05. The molecule has 0 saturated heterocycles. The van der Waals surface area contributed by atoms with E-state index in [4.69, 9.17) is 21.4 Å². The van der Waals surface area contributed by atoms with Crippen LogP contribution >= 0.6 is 11.6 Å². The number of hydrogen-bond donors (Lipinski definition) is 1. The van der Waals surface area contributed by atoms with E-state index in [1.165, 1.54) is 12.1 Å². The van der Waals surface area contributed by atoms with Crippen LogP contribution in [0.4, 0.5) is 4.39 Å². The average molecular weight is 291 g/mol. The molecule has 0 amide bonds. The molecule has 0 aliphatic rings. The predicted molar refractivity (Wildman–Crippen MR) is 76.1 cm³/mol. The van der Waals surface area contributed by atoms with Crippen molar-refractivity contribution in [3.63, 3.8) is 0 Å². The molecule has 0 aliphatic carbocycles. The van der Waals surface area contributed by atoms with Crippen LogP contribution in [0.25, 0.3) is 0 Å². The Labute approximate surface area is 121 Å². The summed E-state index contributed by atoms with van der Waals surface area (Å²) < 4.78 is 19.0. The van der Waals surface area contributed by atoms with Gasteiger partial charge in [-0.15, -0.1) is 0 Å². The summed E-state index contributed by atoms with van der Waals surface area (Å²) in [5, 5.41) is 9.27. The average Bonchev–Trinajstić information content (AvgIpc) is 2.44. The Bertz CT molecular complexity index is 642. The minimum Gasteiger partial charge on any atom is -0.489 e. The molecule has 0 fully saturated rings. The highest BCUT2D eigenvalue weighted by Gasteiger charge is 2.01. The van der Waals surface area contributed by atoms with Crippen molar-refractivity contribution in [1.29, 1.82) is 0 Å². The van der Waals surface area contributed by atoms with Crippen LogP contribution < -0.4 is 4.74 Å². The van der Waals surface area contributed by atoms with Gasteiger partial charge in [-0.3, -0.25) is 0 Å². The Balaban J connectivity index is 2.09. The standard InChI is InChI=1S/C16H12ClFO2/c17-14-3-5-16(6-4-14)20-11-13-8-12(2-1-7-19)9-15(18)10-13/h3-6,8-10,19H,7,11H2. The maximum atomic E-state index is 13.4. The highest BCUT2D eigenvalue weighted by molar-refractivity contribution is 6.30. The molecule has 0 unspecified atom stereocenters. The molecule has 2 rings (SSSR count). The van der Waals surface area contributed by atoms with Gasteiger partial charge in [0.15, 0.2) is 0 Å². The van der Waals surface area contributed by atoms with E-state index in [1.54, 1.807) is 30.3 Å². The lowest BCUT2D eigenvalue weighted by Crippen LogP contribution is -1.97. The Morgan fingerprint density at radius 3 is 2.60 bits per heavy atom. The van der Waals surface area contributed by atoms with E-state index in [0.29, 0.717) is 21.9 Å². The van der Waals surface area contributed by atoms with Crippen molar-refractivity contribution in [2.75, 3.05) is 6.61 Å². The lowest BCUT2D eigenvalue weighted by Gasteiger charge is -2.07. The van der Waals surface area contributed by atoms with Gasteiger partial charge in [-0.2, -0.15) is 0 Å². The molecule has 0 bridgehead atoms. The van der Waals surface area contributed by atoms with Gasteiger partial charge in [0, 0.05) is 10.6 Å². The normalized spacial score (nSPS) is 9.75. The molecule has 0 spiro atoms. The lowest BCUT2D eigenvalue weighted by atomic mass is 10.1. The van der Waals surface area contributed by atoms with Gasteiger partial charge >= 0.3 is 0 Å². The van der Waals surface area contributed by atoms with Gasteiger partial charge in [0.2, 0.25) is 0 Å². The molecule has 4 heteroatoms. The summed E-state index contributed by atoms with van der Waals surface area (Å²) in [4.78, 5) is 0. The van der Waals surface area contributed by atoms with Crippen molar-refractivity contribution >= 4 is 11.6 Å². The first-order valence-electron chi connectivity index (χ1n) is 5.95. The topological polar surface area (TPSA) is 29.5 Å². The van der Waals surface area contributed by atoms with Crippen molar-refractivity contribution in [3.8, 4) is 17.6 Å². The van der Waals surface area contributed by atoms with E-state index in [0.717, 1.165) is 0 Å². The van der Waals surface area contributed by atoms with Gasteiger partial charge in [-0.25, -0.2) is 4.39 Å². The first-order valence-corrected chi connectivity index (χ1v) is 6.33. The zero-order valence-electron chi connectivity index (χ0n) is 10.6. The molecule has 0 saturated carbocycles. The van der Waals surface area contributed by atoms with Gasteiger partial charge in [-0.05, 0) is 48.0 Å². The molecule has 1 N–H and O–H groups in total. The molecule has 2 nitrogen and oxygen atoms in total. The highest BCUT2D eigenvalue weighted by Crippen LogP contribution is 2.17. The second kappa shape index (κ2) is 6.95. The van der Waals surface area contributed by atoms with E-state index < -0.39 is 0 Å². The molecular weight excluding hydrogens is 279 g/mol. The molecule has 0 radical (unpaired) electrons. The van der Waals surface area contributed by atoms with Gasteiger partial charge in [0.1, 0.15) is 24.8 Å². The van der Waals surface area contributed by atoms with Crippen molar-refractivity contribution in [2.24, 2.45) is 0 Å². The van der Waals surface area contributed by atoms with Crippen LogP contribution in [0.1, 0.15) is 11.1 Å². The van der Waals surface area contributed by atoms with Gasteiger partial charge in [0.05, 0.1) is 0 Å². The number of rotatable bonds is 3. The minimum atomic E-state index is -0.385. The number of hydrogen-bond acceptors (Lipinski definition) is 2. The SMILES string of the molecule is OCC#Cc1cc(F)cc(COc2ccc(Cl)cc2)c1. The molecule has 0 aliphatic heterocycles. The van der Waals surface area contributed by atoms with Crippen LogP contribution in [0.2, 0.25) is 5.02 Å². The Morgan fingerprint density at radius 2 is 1.90 bits per heavy atom. The third-order valence-corrected chi connectivity index (χ3v) is 2.74. The molecule has 2 aromatic carbocycles. The minimum absolute atomic E-state index is 0.229. The first-order chi connectivity index (χ1) is 9.67. The number of aliphatic hydroxyl groups excluding tert-OH is 1. The third kappa shape index (κ3) is 4.27. The van der Waals surface area contributed by atoms with Crippen molar-refractivity contribution in [1.82, 2.24) is 0 Å². The Morgan fingerprint density at radius 1 is 1.15 bits per heavy atom. The van der Waals surface area contributed by atoms with Crippen molar-refractivity contribution in [2.45, 2.75) is 6.61 Å². The summed E-state index contributed by atoms with van der Waals surface area (Å²) in [6.45, 7) is -0.0275. The van der Waals surface area contributed by atoms with Crippen LogP contribution in [0.3, 0.4) is 0 Å². The van der Waals surface area contributed by atoms with Crippen LogP contribution in [-0.4, -0.2) is 11.7 Å². The van der Waals surface area contributed by atoms with E-state index in [2.05, 4.69) is 11.8 Å². The number of ether oxygens (including phenoxy) is 1. The predicted octanol–water partition coefficient (Wildman–Crippen LogP) is 3.40. The second-order valence-corrected chi connectivity index (χ2v) is 4.49. The van der Waals surface area contributed by atoms with Gasteiger partial charge in [-0.1, -0.05) is 23.4 Å². The van der Waals surface area contributed by atoms with Gasteiger partial charge < -0.3 is 9.84 Å². The van der Waals surface area contributed by atoms with E-state index >= 15 is 0 Å². The summed E-state index contributed by atoms with van der Waals surface area (Å²) in [6.07, 6.45) is 0. The Hall–Kier alpha value is -2.02. The van der Waals surface area contributed by atoms with Crippen LogP contribution in [-0.2, 0) is 6.61 Å². The lowest BCUT2D eigenvalue weighted by molar-refractivity contribution is 0.305. The fourth-order valence-corrected chi connectivity index (χ4v) is 1.77. The fourth-order valence-electron chi connectivity index (χ4n) is 1.64. The van der Waals surface area contributed by atoms with E-state index in [-0.39, 0.29) is 19.0 Å². The van der Waals surface area contributed by atoms with Crippen LogP contribution in [0.15, 0.2) is 42.5 Å². The monoisotopic (exact) mass is 290 g/mol. The molecule has 0 heterocycles. The molecule has 2 aromatic rings. The molecule has 0 atom stereocenters. The first kappa shape index (κ1) is 14.4. The number of aliphatic hydroxyl groups is 1. The quantitative estimate of drug-likeness (QED) is 0.878. The Kier molecular flexibility index (Phi) is 5.00. The van der Waals surface area contributed by atoms with Crippen LogP contribution in [0, 0.1) is 17.7 Å². The van der Waals surface area contributed by atoms with Crippen LogP contribution in [0.5, 0.6) is 5.75 Å². The summed E-state index contributed by atoms with van der Waals surface area (Å²) in [7, 11) is 0. The van der Waals surface area contributed by atoms with E-state index in [9.17, 15) is 4.39 Å². The van der Waals surface area contributed by atoms with Gasteiger partial charge in [0.25, 0.3) is 0 Å². The maximum Gasteiger partial charge on any atom is 0.124 e. The summed E-state index contributed by atoms with van der Waals surface area (Å²) >= 11 is 5.78. The van der Waals surface area contributed by atoms with Crippen molar-refractivity contribution < 1.29 is 14.2 Å². The molecule has 20 heavy (non-hydrogen) atoms. The third-order valence-electron chi connectivity index (χ3n) is 2.49. The summed E-state index contributed by atoms with van der Waals surface area (Å²) in [5.41, 5.74) is 1.18. The smallest absolute Gasteiger partial charge is 0.124 e. The zero-order valence-corrected chi connectivity index (χ0v) is 11.3. The molecule has 0 aromatic heterocycles. The molecule has 102 valence electrons. The maximum absolute atomic E-state index is 13.4. The zero-order chi connectivity index (χ0) is 14.4. The highest BCUT2D eigenvalue weighted by atomic mass is 35.5. The fraction of sp³-hybridized carbons (Fsp3) is 0.125. The summed E-state index contributed by atoms with van der Waals surface area (Å²) in [5.74, 6) is 5.42.